The summed E-state index contributed by atoms with van der Waals surface area (Å²) < 4.78 is 4.77. The molecular formula is C29H39N2Si+. The number of nitrogens with zero attached hydrogens (tertiary/aromatic N) is 2. The summed E-state index contributed by atoms with van der Waals surface area (Å²) in [5, 5.41) is 4.34. The zero-order valence-corrected chi connectivity index (χ0v) is 22.6. The van der Waals surface area contributed by atoms with Crippen LogP contribution in [0.25, 0.3) is 27.6 Å². The third-order valence-electron chi connectivity index (χ3n) is 6.86. The van der Waals surface area contributed by atoms with E-state index in [0.717, 1.165) is 0 Å². The highest BCUT2D eigenvalue weighted by Crippen LogP contribution is 2.37. The van der Waals surface area contributed by atoms with Crippen LogP contribution in [0.15, 0.2) is 48.7 Å². The highest BCUT2D eigenvalue weighted by atomic mass is 28.3. The lowest BCUT2D eigenvalue weighted by Crippen LogP contribution is -2.41. The van der Waals surface area contributed by atoms with Crippen LogP contribution in [0.4, 0.5) is 0 Å². The van der Waals surface area contributed by atoms with Gasteiger partial charge in [-0.2, -0.15) is 4.57 Å². The summed E-state index contributed by atoms with van der Waals surface area (Å²) in [6.45, 7) is 21.4. The van der Waals surface area contributed by atoms with Crippen molar-refractivity contribution in [2.24, 2.45) is 7.05 Å². The lowest BCUT2D eigenvalue weighted by Gasteiger charge is -2.25. The number of aryl methyl sites for hydroxylation is 2. The van der Waals surface area contributed by atoms with E-state index in [9.17, 15) is 0 Å². The van der Waals surface area contributed by atoms with Gasteiger partial charge in [-0.3, -0.25) is 0 Å². The molecule has 0 radical (unpaired) electrons. The molecule has 0 saturated carbocycles. The topological polar surface area (TPSA) is 8.81 Å². The Labute approximate surface area is 194 Å². The van der Waals surface area contributed by atoms with Gasteiger partial charge >= 0.3 is 0 Å². The van der Waals surface area contributed by atoms with E-state index < -0.39 is 8.07 Å². The van der Waals surface area contributed by atoms with Crippen molar-refractivity contribution in [1.29, 1.82) is 0 Å². The zero-order valence-electron chi connectivity index (χ0n) is 21.6. The highest BCUT2D eigenvalue weighted by molar-refractivity contribution is 6.89. The largest absolute Gasteiger partial charge is 0.286 e. The third kappa shape index (κ3) is 3.61. The number of hydrogen-bond acceptors (Lipinski definition) is 0. The Bertz CT molecular complexity index is 1330. The van der Waals surface area contributed by atoms with Crippen molar-refractivity contribution >= 4 is 35.1 Å². The van der Waals surface area contributed by atoms with Gasteiger partial charge in [-0.05, 0) is 47.6 Å². The van der Waals surface area contributed by atoms with E-state index in [1.807, 2.05) is 0 Å². The SMILES string of the molecule is Cc1c(C(C)C)c([Si](C)(C)C)cc2c3ccccc3n(-c3cc(C(C)(C)C)cc[n+]3C)c12. The molecule has 2 aromatic heterocycles. The van der Waals surface area contributed by atoms with Gasteiger partial charge in [-0.1, -0.05) is 77.6 Å². The quantitative estimate of drug-likeness (QED) is 0.241. The van der Waals surface area contributed by atoms with E-state index in [-0.39, 0.29) is 5.41 Å². The van der Waals surface area contributed by atoms with Crippen LogP contribution < -0.4 is 9.75 Å². The normalized spacial score (nSPS) is 13.0. The van der Waals surface area contributed by atoms with Crippen molar-refractivity contribution < 1.29 is 4.57 Å². The van der Waals surface area contributed by atoms with Gasteiger partial charge in [0.25, 0.3) is 5.82 Å². The number of rotatable bonds is 3. The molecule has 0 spiro atoms. The fourth-order valence-electron chi connectivity index (χ4n) is 5.18. The molecule has 168 valence electrons. The summed E-state index contributed by atoms with van der Waals surface area (Å²) in [6, 6.07) is 16.1. The van der Waals surface area contributed by atoms with Gasteiger partial charge in [0.05, 0.1) is 21.3 Å². The number of fused-ring (bicyclic) bond motifs is 3. The molecule has 0 aliphatic rings. The van der Waals surface area contributed by atoms with Crippen molar-refractivity contribution in [1.82, 2.24) is 4.57 Å². The summed E-state index contributed by atoms with van der Waals surface area (Å²) in [6.07, 6.45) is 2.21. The Kier molecular flexibility index (Phi) is 5.40. The molecule has 0 bridgehead atoms. The van der Waals surface area contributed by atoms with E-state index in [0.29, 0.717) is 5.92 Å². The lowest BCUT2D eigenvalue weighted by molar-refractivity contribution is -0.665. The number of para-hydroxylation sites is 1. The van der Waals surface area contributed by atoms with Gasteiger partial charge in [-0.15, -0.1) is 0 Å². The molecule has 2 heterocycles. The van der Waals surface area contributed by atoms with E-state index in [2.05, 4.69) is 126 Å². The van der Waals surface area contributed by atoms with E-state index in [4.69, 9.17) is 0 Å². The molecule has 0 unspecified atom stereocenters. The molecule has 3 heteroatoms. The minimum absolute atomic E-state index is 0.102. The van der Waals surface area contributed by atoms with Crippen LogP contribution in [-0.2, 0) is 12.5 Å². The molecule has 2 nitrogen and oxygen atoms in total. The lowest BCUT2D eigenvalue weighted by atomic mass is 9.87. The molecule has 0 atom stereocenters. The van der Waals surface area contributed by atoms with Gasteiger partial charge < -0.3 is 0 Å². The van der Waals surface area contributed by atoms with Crippen LogP contribution in [0.2, 0.25) is 19.6 Å². The van der Waals surface area contributed by atoms with E-state index in [1.54, 1.807) is 10.8 Å². The van der Waals surface area contributed by atoms with Crippen LogP contribution in [0, 0.1) is 6.92 Å². The molecule has 4 rings (SSSR count). The van der Waals surface area contributed by atoms with Crippen LogP contribution in [-0.4, -0.2) is 12.6 Å². The van der Waals surface area contributed by atoms with Gasteiger partial charge in [0.1, 0.15) is 11.0 Å². The second-order valence-electron chi connectivity index (χ2n) is 11.8. The molecule has 4 aromatic rings. The minimum Gasteiger partial charge on any atom is -0.237 e. The molecule has 0 saturated heterocycles. The molecule has 0 N–H and O–H groups in total. The van der Waals surface area contributed by atoms with Gasteiger partial charge in [0.2, 0.25) is 0 Å². The highest BCUT2D eigenvalue weighted by Gasteiger charge is 2.30. The number of pyridine rings is 1. The van der Waals surface area contributed by atoms with Crippen molar-refractivity contribution in [2.75, 3.05) is 0 Å². The van der Waals surface area contributed by atoms with Gasteiger partial charge in [-0.25, -0.2) is 4.57 Å². The molecular weight excluding hydrogens is 404 g/mol. The standard InChI is InChI=1S/C29H39N2Si/c1-19(2)27-20(3)28-23(18-25(27)32(8,9)10)22-13-11-12-14-24(22)31(28)26-17-21(29(4,5)6)15-16-30(26)7/h11-19H,1-10H3/q+1. The maximum absolute atomic E-state index is 2.54. The van der Waals surface area contributed by atoms with Crippen molar-refractivity contribution in [3.05, 3.63) is 65.4 Å². The Hall–Kier alpha value is -2.39. The van der Waals surface area contributed by atoms with Crippen molar-refractivity contribution in [3.8, 4) is 5.82 Å². The molecule has 2 aromatic carbocycles. The molecule has 32 heavy (non-hydrogen) atoms. The maximum Gasteiger partial charge on any atom is 0.286 e. The second-order valence-corrected chi connectivity index (χ2v) is 16.8. The monoisotopic (exact) mass is 443 g/mol. The Balaban J connectivity index is 2.24. The van der Waals surface area contributed by atoms with Crippen LogP contribution >= 0.6 is 0 Å². The fraction of sp³-hybridized carbons (Fsp3) is 0.414. The summed E-state index contributed by atoms with van der Waals surface area (Å²) in [4.78, 5) is 0. The Morgan fingerprint density at radius 1 is 0.938 bits per heavy atom. The first-order valence-corrected chi connectivity index (χ1v) is 15.4. The first-order chi connectivity index (χ1) is 14.8. The van der Waals surface area contributed by atoms with E-state index in [1.165, 1.54) is 38.8 Å². The smallest absolute Gasteiger partial charge is 0.237 e. The molecule has 0 aliphatic carbocycles. The summed E-state index contributed by atoms with van der Waals surface area (Å²) in [5.41, 5.74) is 7.10. The molecule has 0 amide bonds. The van der Waals surface area contributed by atoms with Gasteiger partial charge in [0.15, 0.2) is 0 Å². The number of benzene rings is 2. The van der Waals surface area contributed by atoms with Crippen LogP contribution in [0.1, 0.15) is 57.2 Å². The Morgan fingerprint density at radius 3 is 2.19 bits per heavy atom. The predicted octanol–water partition coefficient (Wildman–Crippen LogP) is 6.88. The maximum atomic E-state index is 2.54. The Morgan fingerprint density at radius 2 is 1.59 bits per heavy atom. The predicted molar refractivity (Wildman–Crippen MR) is 142 cm³/mol. The molecule has 0 aliphatic heterocycles. The number of hydrogen-bond donors (Lipinski definition) is 0. The minimum atomic E-state index is -1.51. The van der Waals surface area contributed by atoms with Crippen LogP contribution in [0.5, 0.6) is 0 Å². The second kappa shape index (κ2) is 7.59. The first kappa shape index (κ1) is 22.8. The third-order valence-corrected chi connectivity index (χ3v) is 8.89. The first-order valence-electron chi connectivity index (χ1n) is 11.9. The average Bonchev–Trinajstić information content (AvgIpc) is 3.01. The van der Waals surface area contributed by atoms with Gasteiger partial charge in [0, 0.05) is 22.4 Å². The van der Waals surface area contributed by atoms with Crippen molar-refractivity contribution in [3.63, 3.8) is 0 Å². The van der Waals surface area contributed by atoms with Crippen LogP contribution in [0.3, 0.4) is 0 Å². The molecule has 0 fully saturated rings. The van der Waals surface area contributed by atoms with E-state index >= 15 is 0 Å². The number of aromatic nitrogens is 2. The fourth-order valence-corrected chi connectivity index (χ4v) is 7.04. The average molecular weight is 444 g/mol. The summed E-state index contributed by atoms with van der Waals surface area (Å²) in [7, 11) is 0.658. The van der Waals surface area contributed by atoms with Crippen molar-refractivity contribution in [2.45, 2.75) is 72.5 Å². The zero-order chi connectivity index (χ0) is 23.6. The summed E-state index contributed by atoms with van der Waals surface area (Å²) in [5.74, 6) is 1.73. The summed E-state index contributed by atoms with van der Waals surface area (Å²) >= 11 is 0.